The van der Waals surface area contributed by atoms with E-state index in [2.05, 4.69) is 31.0 Å². The highest BCUT2D eigenvalue weighted by atomic mass is 16.5. The summed E-state index contributed by atoms with van der Waals surface area (Å²) in [6.45, 7) is 4.32. The van der Waals surface area contributed by atoms with Crippen molar-refractivity contribution in [1.82, 2.24) is 9.88 Å². The first kappa shape index (κ1) is 17.9. The van der Waals surface area contributed by atoms with Gasteiger partial charge in [0.1, 0.15) is 5.75 Å². The molecule has 0 bridgehead atoms. The molecule has 0 aliphatic carbocycles. The molecule has 3 rings (SSSR count). The van der Waals surface area contributed by atoms with E-state index in [1.54, 1.807) is 32.3 Å². The molecule has 0 unspecified atom stereocenters. The van der Waals surface area contributed by atoms with E-state index in [1.807, 2.05) is 30.3 Å². The second-order valence-corrected chi connectivity index (χ2v) is 6.92. The molecule has 0 saturated heterocycles. The molecule has 0 atom stereocenters. The van der Waals surface area contributed by atoms with Crippen LogP contribution in [0, 0.1) is 0 Å². The molecule has 4 nitrogen and oxygen atoms in total. The number of pyridine rings is 1. The minimum atomic E-state index is -0.0480. The fraction of sp³-hybridized carbons (Fsp3) is 0.273. The molecule has 0 aliphatic rings. The van der Waals surface area contributed by atoms with Crippen molar-refractivity contribution in [3.05, 3.63) is 59.8 Å². The number of rotatable bonds is 4. The Balaban J connectivity index is 2.30. The lowest BCUT2D eigenvalue weighted by molar-refractivity contribution is 0.0827. The number of aromatic nitrogens is 1. The minimum Gasteiger partial charge on any atom is -0.496 e. The van der Waals surface area contributed by atoms with Crippen LogP contribution in [0.25, 0.3) is 22.0 Å². The fourth-order valence-corrected chi connectivity index (χ4v) is 3.05. The second kappa shape index (κ2) is 7.16. The molecule has 3 aromatic rings. The summed E-state index contributed by atoms with van der Waals surface area (Å²) >= 11 is 0. The maximum atomic E-state index is 12.3. The van der Waals surface area contributed by atoms with Gasteiger partial charge in [-0.3, -0.25) is 9.78 Å². The van der Waals surface area contributed by atoms with Gasteiger partial charge in [0.15, 0.2) is 0 Å². The number of methoxy groups -OCH3 is 1. The average Bonchev–Trinajstić information content (AvgIpc) is 2.65. The Bertz CT molecular complexity index is 962. The first-order valence-corrected chi connectivity index (χ1v) is 8.71. The van der Waals surface area contributed by atoms with Crippen LogP contribution >= 0.6 is 0 Å². The van der Waals surface area contributed by atoms with Gasteiger partial charge in [0.25, 0.3) is 5.91 Å². The number of nitrogens with zero attached hydrogens (tertiary/aromatic N) is 2. The van der Waals surface area contributed by atoms with Crippen molar-refractivity contribution in [2.24, 2.45) is 0 Å². The third-order valence-corrected chi connectivity index (χ3v) is 4.52. The van der Waals surface area contributed by atoms with E-state index in [0.29, 0.717) is 11.5 Å². The Morgan fingerprint density at radius 2 is 1.81 bits per heavy atom. The number of hydrogen-bond acceptors (Lipinski definition) is 3. The zero-order valence-corrected chi connectivity index (χ0v) is 15.9. The molecular weight excluding hydrogens is 324 g/mol. The third kappa shape index (κ3) is 3.27. The molecule has 4 heteroatoms. The van der Waals surface area contributed by atoms with Crippen LogP contribution in [0.2, 0.25) is 0 Å². The molecule has 0 spiro atoms. The summed E-state index contributed by atoms with van der Waals surface area (Å²) in [6.07, 6.45) is 1.65. The van der Waals surface area contributed by atoms with E-state index in [9.17, 15) is 4.79 Å². The van der Waals surface area contributed by atoms with Crippen molar-refractivity contribution in [2.75, 3.05) is 21.2 Å². The average molecular weight is 348 g/mol. The number of amides is 1. The first-order chi connectivity index (χ1) is 12.4. The Morgan fingerprint density at radius 3 is 2.46 bits per heavy atom. The molecule has 1 amide bonds. The monoisotopic (exact) mass is 348 g/mol. The van der Waals surface area contributed by atoms with Gasteiger partial charge in [0.2, 0.25) is 0 Å². The number of ether oxygens (including phenoxy) is 1. The predicted octanol–water partition coefficient (Wildman–Crippen LogP) is 4.74. The predicted molar refractivity (Wildman–Crippen MR) is 106 cm³/mol. The van der Waals surface area contributed by atoms with E-state index >= 15 is 0 Å². The zero-order chi connectivity index (χ0) is 18.8. The van der Waals surface area contributed by atoms with Gasteiger partial charge in [-0.25, -0.2) is 0 Å². The third-order valence-electron chi connectivity index (χ3n) is 4.52. The second-order valence-electron chi connectivity index (χ2n) is 6.92. The van der Waals surface area contributed by atoms with Crippen molar-refractivity contribution in [2.45, 2.75) is 19.8 Å². The van der Waals surface area contributed by atoms with Crippen LogP contribution in [0.5, 0.6) is 5.75 Å². The lowest BCUT2D eigenvalue weighted by atomic mass is 9.93. The van der Waals surface area contributed by atoms with Crippen molar-refractivity contribution in [3.63, 3.8) is 0 Å². The summed E-state index contributed by atoms with van der Waals surface area (Å²) < 4.78 is 5.55. The lowest BCUT2D eigenvalue weighted by Gasteiger charge is -2.16. The van der Waals surface area contributed by atoms with Gasteiger partial charge in [-0.2, -0.15) is 0 Å². The smallest absolute Gasteiger partial charge is 0.254 e. The molecule has 1 heterocycles. The Kier molecular flexibility index (Phi) is 4.94. The molecular formula is C22H24N2O2. The van der Waals surface area contributed by atoms with E-state index in [4.69, 9.17) is 4.74 Å². The highest BCUT2D eigenvalue weighted by Crippen LogP contribution is 2.36. The molecule has 26 heavy (non-hydrogen) atoms. The van der Waals surface area contributed by atoms with Gasteiger partial charge >= 0.3 is 0 Å². The minimum absolute atomic E-state index is 0.0480. The van der Waals surface area contributed by atoms with Gasteiger partial charge in [-0.15, -0.1) is 0 Å². The Labute approximate surface area is 154 Å². The molecule has 0 saturated carbocycles. The Morgan fingerprint density at radius 1 is 1.08 bits per heavy atom. The van der Waals surface area contributed by atoms with E-state index in [0.717, 1.165) is 27.8 Å². The zero-order valence-electron chi connectivity index (χ0n) is 15.9. The van der Waals surface area contributed by atoms with Crippen LogP contribution < -0.4 is 4.74 Å². The van der Waals surface area contributed by atoms with Crippen molar-refractivity contribution in [1.29, 1.82) is 0 Å². The molecule has 0 aliphatic heterocycles. The topological polar surface area (TPSA) is 42.4 Å². The van der Waals surface area contributed by atoms with Gasteiger partial charge in [-0.1, -0.05) is 32.0 Å². The SMILES string of the molecule is COc1ccccc1-c1cc(C(C)C)cc2cc(C(=O)N(C)C)cnc12. The number of carbonyl (C=O) groups excluding carboxylic acids is 1. The largest absolute Gasteiger partial charge is 0.496 e. The van der Waals surface area contributed by atoms with Crippen molar-refractivity contribution >= 4 is 16.8 Å². The van der Waals surface area contributed by atoms with Crippen molar-refractivity contribution < 1.29 is 9.53 Å². The standard InChI is InChI=1S/C22H24N2O2/c1-14(2)15-10-16-11-17(22(25)24(3)4)13-23-21(16)19(12-15)18-8-6-7-9-20(18)26-5/h6-14H,1-5H3. The number of para-hydroxylation sites is 1. The molecule has 0 fully saturated rings. The number of fused-ring (bicyclic) bond motifs is 1. The highest BCUT2D eigenvalue weighted by Gasteiger charge is 2.16. The quantitative estimate of drug-likeness (QED) is 0.684. The van der Waals surface area contributed by atoms with Crippen LogP contribution in [-0.4, -0.2) is 37.0 Å². The number of hydrogen-bond donors (Lipinski definition) is 0. The van der Waals surface area contributed by atoms with Gasteiger partial charge in [0, 0.05) is 36.8 Å². The van der Waals surface area contributed by atoms with Crippen LogP contribution in [0.1, 0.15) is 35.7 Å². The molecule has 134 valence electrons. The highest BCUT2D eigenvalue weighted by molar-refractivity contribution is 6.01. The molecule has 1 aromatic heterocycles. The first-order valence-electron chi connectivity index (χ1n) is 8.71. The summed E-state index contributed by atoms with van der Waals surface area (Å²) in [5.41, 5.74) is 4.69. The summed E-state index contributed by atoms with van der Waals surface area (Å²) in [6, 6.07) is 14.2. The number of benzene rings is 2. The Hall–Kier alpha value is -2.88. The normalized spacial score (nSPS) is 11.0. The summed E-state index contributed by atoms with van der Waals surface area (Å²) in [7, 11) is 5.17. The van der Waals surface area contributed by atoms with Crippen LogP contribution in [0.3, 0.4) is 0 Å². The summed E-state index contributed by atoms with van der Waals surface area (Å²) in [5, 5.41) is 0.963. The van der Waals surface area contributed by atoms with Gasteiger partial charge < -0.3 is 9.64 Å². The van der Waals surface area contributed by atoms with Crippen LogP contribution in [0.4, 0.5) is 0 Å². The maximum Gasteiger partial charge on any atom is 0.254 e. The van der Waals surface area contributed by atoms with Crippen molar-refractivity contribution in [3.8, 4) is 16.9 Å². The maximum absolute atomic E-state index is 12.3. The van der Waals surface area contributed by atoms with E-state index in [-0.39, 0.29) is 5.91 Å². The molecule has 0 radical (unpaired) electrons. The number of carbonyl (C=O) groups is 1. The van der Waals surface area contributed by atoms with Crippen LogP contribution in [0.15, 0.2) is 48.7 Å². The van der Waals surface area contributed by atoms with Gasteiger partial charge in [0.05, 0.1) is 18.2 Å². The molecule has 0 N–H and O–H groups in total. The van der Waals surface area contributed by atoms with Gasteiger partial charge in [-0.05, 0) is 35.7 Å². The van der Waals surface area contributed by atoms with E-state index < -0.39 is 0 Å². The summed E-state index contributed by atoms with van der Waals surface area (Å²) in [4.78, 5) is 18.5. The summed E-state index contributed by atoms with van der Waals surface area (Å²) in [5.74, 6) is 1.12. The van der Waals surface area contributed by atoms with Crippen LogP contribution in [-0.2, 0) is 0 Å². The molecule has 2 aromatic carbocycles. The lowest BCUT2D eigenvalue weighted by Crippen LogP contribution is -2.21. The van der Waals surface area contributed by atoms with E-state index in [1.165, 1.54) is 5.56 Å². The fourth-order valence-electron chi connectivity index (χ4n) is 3.05.